The lowest BCUT2D eigenvalue weighted by molar-refractivity contribution is 0.0697. The molecular weight excluding hydrogens is 386 g/mol. The van der Waals surface area contributed by atoms with Crippen LogP contribution in [0, 0.1) is 0 Å². The van der Waals surface area contributed by atoms with Gasteiger partial charge in [-0.3, -0.25) is 4.72 Å². The third kappa shape index (κ3) is 4.45. The van der Waals surface area contributed by atoms with Gasteiger partial charge in [0.1, 0.15) is 11.4 Å². The molecule has 0 bridgehead atoms. The fourth-order valence-electron chi connectivity index (χ4n) is 2.64. The van der Waals surface area contributed by atoms with Gasteiger partial charge in [0.05, 0.1) is 31.0 Å². The number of benzene rings is 1. The molecule has 28 heavy (non-hydrogen) atoms. The summed E-state index contributed by atoms with van der Waals surface area (Å²) >= 11 is 0. The average molecular weight is 409 g/mol. The topological polar surface area (TPSA) is 118 Å². The number of sulfonamides is 1. The molecule has 0 spiro atoms. The first-order valence-corrected chi connectivity index (χ1v) is 9.98. The molecule has 152 valence electrons. The third-order valence-electron chi connectivity index (χ3n) is 4.08. The predicted molar refractivity (Wildman–Crippen MR) is 105 cm³/mol. The predicted octanol–water partition coefficient (Wildman–Crippen LogP) is 2.44. The summed E-state index contributed by atoms with van der Waals surface area (Å²) in [6.45, 7) is 4.90. The van der Waals surface area contributed by atoms with Crippen molar-refractivity contribution in [3.05, 3.63) is 36.0 Å². The lowest BCUT2D eigenvalue weighted by Crippen LogP contribution is -2.25. The molecule has 0 atom stereocenters. The van der Waals surface area contributed by atoms with Crippen LogP contribution in [0.3, 0.4) is 0 Å². The minimum absolute atomic E-state index is 0.0445. The molecule has 0 aliphatic rings. The van der Waals surface area contributed by atoms with Crippen LogP contribution in [0.25, 0.3) is 0 Å². The second-order valence-corrected chi connectivity index (χ2v) is 7.38. The first-order valence-electron chi connectivity index (χ1n) is 8.50. The van der Waals surface area contributed by atoms with Gasteiger partial charge in [-0.1, -0.05) is 0 Å². The Kier molecular flexibility index (Phi) is 6.68. The molecule has 0 aliphatic heterocycles. The van der Waals surface area contributed by atoms with Gasteiger partial charge in [-0.2, -0.15) is 0 Å². The number of ether oxygens (including phenoxy) is 2. The first kappa shape index (κ1) is 21.3. The molecule has 0 saturated heterocycles. The van der Waals surface area contributed by atoms with Crippen molar-refractivity contribution < 1.29 is 27.8 Å². The highest BCUT2D eigenvalue weighted by molar-refractivity contribution is 7.92. The van der Waals surface area contributed by atoms with Gasteiger partial charge in [-0.25, -0.2) is 18.2 Å². The van der Waals surface area contributed by atoms with Gasteiger partial charge in [0.15, 0.2) is 11.5 Å². The number of aromatic nitrogens is 1. The number of nitrogens with zero attached hydrogens (tertiary/aromatic N) is 2. The molecule has 2 rings (SSSR count). The van der Waals surface area contributed by atoms with E-state index in [1.54, 1.807) is 4.90 Å². The molecule has 0 saturated carbocycles. The van der Waals surface area contributed by atoms with Crippen molar-refractivity contribution in [2.75, 3.05) is 36.9 Å². The largest absolute Gasteiger partial charge is 0.493 e. The van der Waals surface area contributed by atoms with E-state index in [9.17, 15) is 18.3 Å². The molecule has 9 nitrogen and oxygen atoms in total. The van der Waals surface area contributed by atoms with Crippen LogP contribution in [0.15, 0.2) is 35.4 Å². The van der Waals surface area contributed by atoms with E-state index in [0.717, 1.165) is 0 Å². The number of anilines is 2. The molecular formula is C18H23N3O6S. The number of hydrogen-bond acceptors (Lipinski definition) is 7. The fraction of sp³-hybridized carbons (Fsp3) is 0.333. The van der Waals surface area contributed by atoms with Gasteiger partial charge >= 0.3 is 5.97 Å². The van der Waals surface area contributed by atoms with Gasteiger partial charge in [0, 0.05) is 19.2 Å². The van der Waals surface area contributed by atoms with Gasteiger partial charge in [-0.05, 0) is 32.0 Å². The van der Waals surface area contributed by atoms with E-state index in [1.165, 1.54) is 44.7 Å². The fourth-order valence-corrected chi connectivity index (χ4v) is 3.69. The molecule has 1 aromatic carbocycles. The maximum atomic E-state index is 12.7. The maximum absolute atomic E-state index is 12.7. The highest BCUT2D eigenvalue weighted by Gasteiger charge is 2.21. The van der Waals surface area contributed by atoms with Gasteiger partial charge in [-0.15, -0.1) is 0 Å². The van der Waals surface area contributed by atoms with Crippen molar-refractivity contribution in [2.45, 2.75) is 18.7 Å². The van der Waals surface area contributed by atoms with Crippen LogP contribution in [-0.2, 0) is 10.0 Å². The molecule has 2 N–H and O–H groups in total. The van der Waals surface area contributed by atoms with Gasteiger partial charge in [0.25, 0.3) is 10.0 Å². The lowest BCUT2D eigenvalue weighted by Gasteiger charge is -2.22. The number of hydrogen-bond donors (Lipinski definition) is 2. The van der Waals surface area contributed by atoms with Crippen LogP contribution in [-0.4, -0.2) is 51.8 Å². The zero-order chi connectivity index (χ0) is 20.9. The molecule has 10 heteroatoms. The van der Waals surface area contributed by atoms with Crippen molar-refractivity contribution in [2.24, 2.45) is 0 Å². The molecule has 0 unspecified atom stereocenters. The van der Waals surface area contributed by atoms with E-state index in [2.05, 4.69) is 9.71 Å². The van der Waals surface area contributed by atoms with E-state index in [-0.39, 0.29) is 27.7 Å². The van der Waals surface area contributed by atoms with E-state index >= 15 is 0 Å². The summed E-state index contributed by atoms with van der Waals surface area (Å²) in [6.07, 6.45) is 1.29. The lowest BCUT2D eigenvalue weighted by atomic mass is 10.2. The van der Waals surface area contributed by atoms with Gasteiger partial charge < -0.3 is 19.5 Å². The Morgan fingerprint density at radius 1 is 1.14 bits per heavy atom. The molecule has 0 aliphatic carbocycles. The number of nitrogens with one attached hydrogen (secondary N) is 1. The standard InChI is InChI=1S/C18H23N3O6S/c1-5-21(6-2)17-14(18(22)23)9-12(11-19-17)20-28(24,25)13-7-8-15(26-3)16(10-13)27-4/h7-11,20H,5-6H2,1-4H3,(H,22,23). The number of carboxylic acid groups (broad SMARTS) is 1. The molecule has 1 aromatic heterocycles. The average Bonchev–Trinajstić information content (AvgIpc) is 2.68. The number of carboxylic acids is 1. The van der Waals surface area contributed by atoms with Crippen molar-refractivity contribution >= 4 is 27.5 Å². The zero-order valence-electron chi connectivity index (χ0n) is 16.1. The van der Waals surface area contributed by atoms with E-state index in [4.69, 9.17) is 9.47 Å². The highest BCUT2D eigenvalue weighted by Crippen LogP contribution is 2.30. The van der Waals surface area contributed by atoms with Crippen molar-refractivity contribution in [1.29, 1.82) is 0 Å². The SMILES string of the molecule is CCN(CC)c1ncc(NS(=O)(=O)c2ccc(OC)c(OC)c2)cc1C(=O)O. The monoisotopic (exact) mass is 409 g/mol. The molecule has 0 fully saturated rings. The minimum atomic E-state index is -3.99. The zero-order valence-corrected chi connectivity index (χ0v) is 16.9. The van der Waals surface area contributed by atoms with Crippen LogP contribution in [0.4, 0.5) is 11.5 Å². The molecule has 0 radical (unpaired) electrons. The van der Waals surface area contributed by atoms with Crippen LogP contribution in [0.5, 0.6) is 11.5 Å². The van der Waals surface area contributed by atoms with E-state index in [1.807, 2.05) is 13.8 Å². The van der Waals surface area contributed by atoms with Crippen molar-refractivity contribution in [3.63, 3.8) is 0 Å². The Morgan fingerprint density at radius 3 is 2.32 bits per heavy atom. The van der Waals surface area contributed by atoms with Crippen LogP contribution < -0.4 is 19.1 Å². The normalized spacial score (nSPS) is 11.0. The Labute approximate surface area is 164 Å². The summed E-state index contributed by atoms with van der Waals surface area (Å²) in [5.41, 5.74) is -0.0423. The number of rotatable bonds is 9. The minimum Gasteiger partial charge on any atom is -0.493 e. The van der Waals surface area contributed by atoms with Crippen molar-refractivity contribution in [1.82, 2.24) is 4.98 Å². The number of pyridine rings is 1. The molecule has 1 heterocycles. The number of aromatic carboxylic acids is 1. The molecule has 0 amide bonds. The maximum Gasteiger partial charge on any atom is 0.339 e. The summed E-state index contributed by atoms with van der Waals surface area (Å²) in [6, 6.07) is 5.40. The Hall–Kier alpha value is -3.01. The van der Waals surface area contributed by atoms with E-state index < -0.39 is 16.0 Å². The first-order chi connectivity index (χ1) is 13.3. The van der Waals surface area contributed by atoms with Gasteiger partial charge in [0.2, 0.25) is 0 Å². The number of carbonyl (C=O) groups is 1. The van der Waals surface area contributed by atoms with Crippen LogP contribution >= 0.6 is 0 Å². The van der Waals surface area contributed by atoms with Crippen molar-refractivity contribution in [3.8, 4) is 11.5 Å². The quantitative estimate of drug-likeness (QED) is 0.648. The summed E-state index contributed by atoms with van der Waals surface area (Å²) in [5.74, 6) is -0.264. The Balaban J connectivity index is 2.41. The second-order valence-electron chi connectivity index (χ2n) is 5.69. The summed E-state index contributed by atoms with van der Waals surface area (Å²) in [7, 11) is -1.14. The Morgan fingerprint density at radius 2 is 1.79 bits per heavy atom. The number of methoxy groups -OCH3 is 2. The summed E-state index contributed by atoms with van der Waals surface area (Å²) < 4.78 is 38.0. The Bertz CT molecular complexity index is 958. The van der Waals surface area contributed by atoms with Crippen LogP contribution in [0.2, 0.25) is 0 Å². The molecule has 2 aromatic rings. The summed E-state index contributed by atoms with van der Waals surface area (Å²) in [5, 5.41) is 9.50. The van der Waals surface area contributed by atoms with Crippen LogP contribution in [0.1, 0.15) is 24.2 Å². The van der Waals surface area contributed by atoms with E-state index in [0.29, 0.717) is 18.8 Å². The second kappa shape index (κ2) is 8.79. The third-order valence-corrected chi connectivity index (χ3v) is 5.46. The summed E-state index contributed by atoms with van der Waals surface area (Å²) in [4.78, 5) is 17.5. The highest BCUT2D eigenvalue weighted by atomic mass is 32.2. The smallest absolute Gasteiger partial charge is 0.339 e.